The Labute approximate surface area is 131 Å². The zero-order valence-corrected chi connectivity index (χ0v) is 12.4. The molecule has 0 saturated carbocycles. The third-order valence-corrected chi connectivity index (χ3v) is 3.05. The van der Waals surface area contributed by atoms with Crippen LogP contribution in [0.5, 0.6) is 11.5 Å². The molecule has 0 heterocycles. The molecule has 2 aromatic rings. The summed E-state index contributed by atoms with van der Waals surface area (Å²) in [5.41, 5.74) is 1.61. The van der Waals surface area contributed by atoms with Gasteiger partial charge >= 0.3 is 6.16 Å². The summed E-state index contributed by atoms with van der Waals surface area (Å²) in [6, 6.07) is 8.22. The lowest BCUT2D eigenvalue weighted by atomic mass is 10.1. The molecule has 0 saturated heterocycles. The highest BCUT2D eigenvalue weighted by atomic mass is 16.7. The quantitative estimate of drug-likeness (QED) is 0.281. The molecule has 0 unspecified atom stereocenters. The minimum atomic E-state index is -0.969. The maximum absolute atomic E-state index is 11.8. The largest absolute Gasteiger partial charge is 0.519 e. The first-order valence-corrected chi connectivity index (χ1v) is 6.61. The van der Waals surface area contributed by atoms with Crippen LogP contribution in [0.15, 0.2) is 36.4 Å². The van der Waals surface area contributed by atoms with Gasteiger partial charge in [-0.15, -0.1) is 0 Å². The van der Waals surface area contributed by atoms with Gasteiger partial charge in [0.15, 0.2) is 0 Å². The predicted octanol–water partition coefficient (Wildman–Crippen LogP) is 3.60. The van der Waals surface area contributed by atoms with Crippen LogP contribution in [0.25, 0.3) is 0 Å². The second-order valence-electron chi connectivity index (χ2n) is 4.81. The van der Waals surface area contributed by atoms with Gasteiger partial charge in [-0.2, -0.15) is 0 Å². The molecule has 0 fully saturated rings. The fourth-order valence-corrected chi connectivity index (χ4v) is 2.05. The van der Waals surface area contributed by atoms with Crippen LogP contribution in [0.3, 0.4) is 0 Å². The lowest BCUT2D eigenvalue weighted by Crippen LogP contribution is -2.15. The van der Waals surface area contributed by atoms with E-state index in [1.165, 1.54) is 24.3 Å². The van der Waals surface area contributed by atoms with Crippen molar-refractivity contribution in [3.8, 4) is 11.5 Å². The minimum Gasteiger partial charge on any atom is -0.395 e. The van der Waals surface area contributed by atoms with Crippen LogP contribution < -0.4 is 9.47 Å². The molecule has 0 aliphatic heterocycles. The van der Waals surface area contributed by atoms with E-state index in [4.69, 9.17) is 9.47 Å². The highest BCUT2D eigenvalue weighted by Gasteiger charge is 2.14. The Balaban J connectivity index is 2.10. The summed E-state index contributed by atoms with van der Waals surface area (Å²) in [6.45, 7) is 3.41. The molecule has 118 valence electrons. The molecule has 0 atom stereocenters. The van der Waals surface area contributed by atoms with Gasteiger partial charge in [0.2, 0.25) is 0 Å². The lowest BCUT2D eigenvalue weighted by Gasteiger charge is -2.11. The van der Waals surface area contributed by atoms with Gasteiger partial charge in [0, 0.05) is 17.7 Å². The monoisotopic (exact) mass is 315 g/mol. The van der Waals surface area contributed by atoms with E-state index < -0.39 is 11.1 Å². The van der Waals surface area contributed by atoms with Gasteiger partial charge < -0.3 is 9.47 Å². The van der Waals surface area contributed by atoms with Crippen molar-refractivity contribution < 1.29 is 24.0 Å². The third kappa shape index (κ3) is 3.91. The smallest absolute Gasteiger partial charge is 0.395 e. The summed E-state index contributed by atoms with van der Waals surface area (Å²) in [5.74, 6) is 0.433. The summed E-state index contributed by atoms with van der Waals surface area (Å²) in [4.78, 5) is 32.6. The number of ether oxygens (including phenoxy) is 2. The number of hydrogen-bond donors (Lipinski definition) is 0. The summed E-state index contributed by atoms with van der Waals surface area (Å²) in [6.07, 6.45) is -0.261. The van der Waals surface area contributed by atoms with Crippen molar-refractivity contribution in [2.45, 2.75) is 13.8 Å². The van der Waals surface area contributed by atoms with Gasteiger partial charge in [-0.25, -0.2) is 4.79 Å². The summed E-state index contributed by atoms with van der Waals surface area (Å²) in [5, 5.41) is 10.6. The second-order valence-corrected chi connectivity index (χ2v) is 4.81. The van der Waals surface area contributed by atoms with E-state index in [0.717, 1.165) is 0 Å². The Bertz CT molecular complexity index is 744. The van der Waals surface area contributed by atoms with Crippen molar-refractivity contribution in [3.63, 3.8) is 0 Å². The molecular weight excluding hydrogens is 302 g/mol. The molecule has 0 aromatic heterocycles. The Morgan fingerprint density at radius 1 is 1.09 bits per heavy atom. The summed E-state index contributed by atoms with van der Waals surface area (Å²) < 4.78 is 10.1. The van der Waals surface area contributed by atoms with Crippen LogP contribution in [-0.2, 0) is 0 Å². The Morgan fingerprint density at radius 2 is 1.65 bits per heavy atom. The van der Waals surface area contributed by atoms with Crippen LogP contribution in [0, 0.1) is 24.0 Å². The van der Waals surface area contributed by atoms with Crippen molar-refractivity contribution in [1.29, 1.82) is 0 Å². The van der Waals surface area contributed by atoms with E-state index in [1.807, 2.05) is 0 Å². The predicted molar refractivity (Wildman–Crippen MR) is 81.1 cm³/mol. The molecular formula is C16H13NO6. The van der Waals surface area contributed by atoms with Gasteiger partial charge in [0.1, 0.15) is 17.8 Å². The first kappa shape index (κ1) is 16.2. The molecule has 7 heteroatoms. The Morgan fingerprint density at radius 3 is 2.13 bits per heavy atom. The maximum Gasteiger partial charge on any atom is 0.519 e. The zero-order valence-electron chi connectivity index (χ0n) is 12.4. The first-order chi connectivity index (χ1) is 10.9. The second kappa shape index (κ2) is 6.69. The molecule has 0 amide bonds. The van der Waals surface area contributed by atoms with E-state index in [2.05, 4.69) is 0 Å². The molecule has 0 N–H and O–H groups in total. The molecule has 23 heavy (non-hydrogen) atoms. The van der Waals surface area contributed by atoms with Gasteiger partial charge in [-0.05, 0) is 49.2 Å². The van der Waals surface area contributed by atoms with Crippen LogP contribution in [-0.4, -0.2) is 17.4 Å². The summed E-state index contributed by atoms with van der Waals surface area (Å²) >= 11 is 0. The number of carbonyl (C=O) groups is 2. The highest BCUT2D eigenvalue weighted by molar-refractivity contribution is 5.77. The number of hydrogen-bond acceptors (Lipinski definition) is 6. The number of benzene rings is 2. The molecule has 0 radical (unpaired) electrons. The van der Waals surface area contributed by atoms with E-state index in [0.29, 0.717) is 28.7 Å². The van der Waals surface area contributed by atoms with Gasteiger partial charge in [-0.3, -0.25) is 14.9 Å². The molecule has 0 spiro atoms. The standard InChI is InChI=1S/C16H13NO6/c1-10-7-12(9-18)8-11(2)15(10)23-16(19)22-14-5-3-13(4-6-14)17(20)21/h3-9H,1-2H3. The number of non-ortho nitro benzene ring substituents is 1. The Hall–Kier alpha value is -3.22. The maximum atomic E-state index is 11.8. The van der Waals surface area contributed by atoms with Crippen LogP contribution in [0.1, 0.15) is 21.5 Å². The number of carbonyl (C=O) groups excluding carboxylic acids is 2. The van der Waals surface area contributed by atoms with Gasteiger partial charge in [0.25, 0.3) is 5.69 Å². The number of aryl methyl sites for hydroxylation is 2. The molecule has 2 rings (SSSR count). The van der Waals surface area contributed by atoms with Crippen molar-refractivity contribution in [2.24, 2.45) is 0 Å². The SMILES string of the molecule is Cc1cc(C=O)cc(C)c1OC(=O)Oc1ccc([N+](=O)[O-])cc1. The third-order valence-electron chi connectivity index (χ3n) is 3.05. The van der Waals surface area contributed by atoms with E-state index in [-0.39, 0.29) is 11.4 Å². The average molecular weight is 315 g/mol. The molecule has 0 bridgehead atoms. The minimum absolute atomic E-state index is 0.109. The average Bonchev–Trinajstić information content (AvgIpc) is 2.51. The fraction of sp³-hybridized carbons (Fsp3) is 0.125. The van der Waals surface area contributed by atoms with E-state index in [1.54, 1.807) is 26.0 Å². The Kier molecular flexibility index (Phi) is 4.70. The van der Waals surface area contributed by atoms with Crippen LogP contribution in [0.2, 0.25) is 0 Å². The number of aldehydes is 1. The molecule has 0 aliphatic rings. The van der Waals surface area contributed by atoms with E-state index >= 15 is 0 Å². The molecule has 7 nitrogen and oxygen atoms in total. The van der Waals surface area contributed by atoms with Crippen molar-refractivity contribution in [2.75, 3.05) is 0 Å². The van der Waals surface area contributed by atoms with Crippen LogP contribution in [0.4, 0.5) is 10.5 Å². The first-order valence-electron chi connectivity index (χ1n) is 6.61. The van der Waals surface area contributed by atoms with Gasteiger partial charge in [-0.1, -0.05) is 0 Å². The van der Waals surface area contributed by atoms with E-state index in [9.17, 15) is 19.7 Å². The topological polar surface area (TPSA) is 95.7 Å². The fourth-order valence-electron chi connectivity index (χ4n) is 2.05. The highest BCUT2D eigenvalue weighted by Crippen LogP contribution is 2.25. The molecule has 0 aliphatic carbocycles. The number of nitro groups is 1. The van der Waals surface area contributed by atoms with Crippen molar-refractivity contribution >= 4 is 18.1 Å². The normalized spacial score (nSPS) is 10.0. The molecule has 2 aromatic carbocycles. The zero-order chi connectivity index (χ0) is 17.0. The van der Waals surface area contributed by atoms with Crippen LogP contribution >= 0.6 is 0 Å². The number of rotatable bonds is 4. The lowest BCUT2D eigenvalue weighted by molar-refractivity contribution is -0.384. The van der Waals surface area contributed by atoms with Crippen molar-refractivity contribution in [3.05, 3.63) is 63.2 Å². The summed E-state index contributed by atoms with van der Waals surface area (Å²) in [7, 11) is 0. The van der Waals surface area contributed by atoms with Gasteiger partial charge in [0.05, 0.1) is 4.92 Å². The number of nitrogens with zero attached hydrogens (tertiary/aromatic N) is 1. The number of nitro benzene ring substituents is 1. The van der Waals surface area contributed by atoms with Crippen molar-refractivity contribution in [1.82, 2.24) is 0 Å².